The Hall–Kier alpha value is -1.74. The zero-order valence-electron chi connectivity index (χ0n) is 8.62. The molecule has 1 fully saturated rings. The second-order valence-corrected chi connectivity index (χ2v) is 3.59. The predicted molar refractivity (Wildman–Crippen MR) is 51.4 cm³/mol. The minimum absolute atomic E-state index is 0.140. The Balaban J connectivity index is 2.25. The van der Waals surface area contributed by atoms with Gasteiger partial charge in [-0.15, -0.1) is 0 Å². The molecule has 90 valence electrons. The molecule has 0 bridgehead atoms. The maximum absolute atomic E-state index is 12.5. The van der Waals surface area contributed by atoms with Crippen LogP contribution in [0.5, 0.6) is 5.75 Å². The maximum Gasteiger partial charge on any atom is 0.417 e. The first-order valence-electron chi connectivity index (χ1n) is 4.86. The van der Waals surface area contributed by atoms with Crippen LogP contribution in [0.1, 0.15) is 11.1 Å². The van der Waals surface area contributed by atoms with E-state index < -0.39 is 17.3 Å². The highest BCUT2D eigenvalue weighted by atomic mass is 19.4. The van der Waals surface area contributed by atoms with Crippen molar-refractivity contribution in [2.75, 3.05) is 13.2 Å². The molecule has 1 aromatic rings. The average molecular weight is 243 g/mol. The van der Waals surface area contributed by atoms with E-state index in [0.717, 1.165) is 12.1 Å². The standard InChI is InChI=1S/C11H8F3NO2/c12-11(13,14)10-2-1-8(3-7(10)4-15)17-9-5-16-6-9/h1-3,9H,5-6H2. The Bertz CT molecular complexity index is 461. The summed E-state index contributed by atoms with van der Waals surface area (Å²) in [4.78, 5) is 0. The quantitative estimate of drug-likeness (QED) is 0.800. The van der Waals surface area contributed by atoms with Gasteiger partial charge in [0.25, 0.3) is 0 Å². The van der Waals surface area contributed by atoms with Crippen LogP contribution in [-0.4, -0.2) is 19.3 Å². The number of benzene rings is 1. The predicted octanol–water partition coefficient (Wildman–Crippen LogP) is 2.35. The minimum atomic E-state index is -4.52. The summed E-state index contributed by atoms with van der Waals surface area (Å²) in [5.41, 5.74) is -1.38. The summed E-state index contributed by atoms with van der Waals surface area (Å²) >= 11 is 0. The molecule has 3 nitrogen and oxygen atoms in total. The van der Waals surface area contributed by atoms with Gasteiger partial charge in [0.1, 0.15) is 11.9 Å². The third-order valence-corrected chi connectivity index (χ3v) is 2.33. The van der Waals surface area contributed by atoms with Gasteiger partial charge in [-0.1, -0.05) is 0 Å². The number of alkyl halides is 3. The minimum Gasteiger partial charge on any atom is -0.486 e. The molecule has 0 N–H and O–H groups in total. The molecule has 0 radical (unpaired) electrons. The fourth-order valence-corrected chi connectivity index (χ4v) is 1.41. The average Bonchev–Trinajstić information content (AvgIpc) is 2.21. The van der Waals surface area contributed by atoms with Gasteiger partial charge < -0.3 is 9.47 Å². The normalized spacial score (nSPS) is 16.1. The van der Waals surface area contributed by atoms with E-state index in [4.69, 9.17) is 14.7 Å². The van der Waals surface area contributed by atoms with E-state index in [1.807, 2.05) is 0 Å². The second kappa shape index (κ2) is 4.26. The molecule has 6 heteroatoms. The molecule has 1 heterocycles. The molecule has 1 aliphatic heterocycles. The SMILES string of the molecule is N#Cc1cc(OC2COC2)ccc1C(F)(F)F. The molecule has 0 aromatic heterocycles. The number of rotatable bonds is 2. The van der Waals surface area contributed by atoms with Crippen molar-refractivity contribution >= 4 is 0 Å². The molecule has 0 unspecified atom stereocenters. The smallest absolute Gasteiger partial charge is 0.417 e. The van der Waals surface area contributed by atoms with Gasteiger partial charge in [0.15, 0.2) is 0 Å². The van der Waals surface area contributed by atoms with Crippen molar-refractivity contribution in [3.05, 3.63) is 29.3 Å². The number of ether oxygens (including phenoxy) is 2. The highest BCUT2D eigenvalue weighted by Gasteiger charge is 2.33. The zero-order chi connectivity index (χ0) is 12.5. The first-order chi connectivity index (χ1) is 8.00. The van der Waals surface area contributed by atoms with Gasteiger partial charge in [0.2, 0.25) is 0 Å². The fraction of sp³-hybridized carbons (Fsp3) is 0.364. The topological polar surface area (TPSA) is 42.2 Å². The third-order valence-electron chi connectivity index (χ3n) is 2.33. The van der Waals surface area contributed by atoms with Gasteiger partial charge in [0, 0.05) is 0 Å². The van der Waals surface area contributed by atoms with E-state index in [0.29, 0.717) is 13.2 Å². The first-order valence-corrected chi connectivity index (χ1v) is 4.86. The van der Waals surface area contributed by atoms with Crippen LogP contribution in [0, 0.1) is 11.3 Å². The molecular formula is C11H8F3NO2. The van der Waals surface area contributed by atoms with Crippen molar-refractivity contribution in [1.82, 2.24) is 0 Å². The summed E-state index contributed by atoms with van der Waals surface area (Å²) in [7, 11) is 0. The van der Waals surface area contributed by atoms with E-state index in [9.17, 15) is 13.2 Å². The summed E-state index contributed by atoms with van der Waals surface area (Å²) in [5.74, 6) is 0.253. The van der Waals surface area contributed by atoms with Crippen molar-refractivity contribution in [3.8, 4) is 11.8 Å². The van der Waals surface area contributed by atoms with Crippen LogP contribution in [0.2, 0.25) is 0 Å². The highest BCUT2D eigenvalue weighted by molar-refractivity contribution is 5.44. The lowest BCUT2D eigenvalue weighted by atomic mass is 10.1. The van der Waals surface area contributed by atoms with Crippen LogP contribution >= 0.6 is 0 Å². The number of nitrogens with zero attached hydrogens (tertiary/aromatic N) is 1. The lowest BCUT2D eigenvalue weighted by molar-refractivity contribution is -0.137. The van der Waals surface area contributed by atoms with E-state index in [1.165, 1.54) is 12.1 Å². The summed E-state index contributed by atoms with van der Waals surface area (Å²) in [6.07, 6.45) is -4.67. The van der Waals surface area contributed by atoms with E-state index in [-0.39, 0.29) is 11.9 Å². The van der Waals surface area contributed by atoms with Gasteiger partial charge in [-0.05, 0) is 18.2 Å². The van der Waals surface area contributed by atoms with Crippen LogP contribution in [0.25, 0.3) is 0 Å². The monoisotopic (exact) mass is 243 g/mol. The number of nitriles is 1. The molecule has 1 saturated heterocycles. The highest BCUT2D eigenvalue weighted by Crippen LogP contribution is 2.33. The molecule has 1 aliphatic rings. The van der Waals surface area contributed by atoms with Gasteiger partial charge in [0.05, 0.1) is 30.4 Å². The molecule has 0 saturated carbocycles. The summed E-state index contributed by atoms with van der Waals surface area (Å²) in [5, 5.41) is 8.68. The van der Waals surface area contributed by atoms with Gasteiger partial charge in [-0.25, -0.2) is 0 Å². The molecular weight excluding hydrogens is 235 g/mol. The molecule has 0 atom stereocenters. The van der Waals surface area contributed by atoms with Crippen molar-refractivity contribution in [3.63, 3.8) is 0 Å². The fourth-order valence-electron chi connectivity index (χ4n) is 1.41. The summed E-state index contributed by atoms with van der Waals surface area (Å²) in [6, 6.07) is 4.68. The summed E-state index contributed by atoms with van der Waals surface area (Å²) < 4.78 is 47.7. The molecule has 17 heavy (non-hydrogen) atoms. The van der Waals surface area contributed by atoms with Crippen LogP contribution in [-0.2, 0) is 10.9 Å². The number of halogens is 3. The van der Waals surface area contributed by atoms with Crippen LogP contribution in [0.15, 0.2) is 18.2 Å². The summed E-state index contributed by atoms with van der Waals surface area (Å²) in [6.45, 7) is 0.839. The van der Waals surface area contributed by atoms with Gasteiger partial charge in [-0.3, -0.25) is 0 Å². The van der Waals surface area contributed by atoms with Crippen molar-refractivity contribution < 1.29 is 22.6 Å². The lowest BCUT2D eigenvalue weighted by Gasteiger charge is -2.26. The first kappa shape index (κ1) is 11.7. The second-order valence-electron chi connectivity index (χ2n) is 3.59. The third kappa shape index (κ3) is 2.50. The molecule has 2 rings (SSSR count). The Kier molecular flexibility index (Phi) is 2.94. The van der Waals surface area contributed by atoms with Crippen LogP contribution in [0.4, 0.5) is 13.2 Å². The van der Waals surface area contributed by atoms with E-state index in [1.54, 1.807) is 0 Å². The number of hydrogen-bond acceptors (Lipinski definition) is 3. The van der Waals surface area contributed by atoms with Crippen LogP contribution < -0.4 is 4.74 Å². The molecule has 0 spiro atoms. The number of hydrogen-bond donors (Lipinski definition) is 0. The molecule has 0 amide bonds. The largest absolute Gasteiger partial charge is 0.486 e. The Morgan fingerprint density at radius 1 is 1.35 bits per heavy atom. The molecule has 1 aromatic carbocycles. The van der Waals surface area contributed by atoms with Gasteiger partial charge >= 0.3 is 6.18 Å². The van der Waals surface area contributed by atoms with E-state index in [2.05, 4.69) is 0 Å². The van der Waals surface area contributed by atoms with Crippen LogP contribution in [0.3, 0.4) is 0 Å². The maximum atomic E-state index is 12.5. The Morgan fingerprint density at radius 2 is 2.06 bits per heavy atom. The Labute approximate surface area is 95.4 Å². The lowest BCUT2D eigenvalue weighted by Crippen LogP contribution is -2.38. The molecule has 0 aliphatic carbocycles. The van der Waals surface area contributed by atoms with Crippen molar-refractivity contribution in [1.29, 1.82) is 5.26 Å². The van der Waals surface area contributed by atoms with E-state index >= 15 is 0 Å². The van der Waals surface area contributed by atoms with Gasteiger partial charge in [-0.2, -0.15) is 18.4 Å². The van der Waals surface area contributed by atoms with Crippen molar-refractivity contribution in [2.24, 2.45) is 0 Å². The zero-order valence-corrected chi connectivity index (χ0v) is 8.62. The Morgan fingerprint density at radius 3 is 2.53 bits per heavy atom. The van der Waals surface area contributed by atoms with Crippen molar-refractivity contribution in [2.45, 2.75) is 12.3 Å².